The lowest BCUT2D eigenvalue weighted by atomic mass is 10.1. The van der Waals surface area contributed by atoms with Crippen LogP contribution in [0.15, 0.2) is 24.3 Å². The van der Waals surface area contributed by atoms with Crippen LogP contribution in [0.1, 0.15) is 36.3 Å². The van der Waals surface area contributed by atoms with Gasteiger partial charge in [0.15, 0.2) is 0 Å². The van der Waals surface area contributed by atoms with Crippen molar-refractivity contribution in [1.29, 1.82) is 0 Å². The van der Waals surface area contributed by atoms with E-state index < -0.39 is 0 Å². The topological polar surface area (TPSA) is 12.0 Å². The minimum absolute atomic E-state index is 0.882. The van der Waals surface area contributed by atoms with Crippen LogP contribution >= 0.6 is 11.8 Å². The Morgan fingerprint density at radius 1 is 1.12 bits per heavy atom. The maximum absolute atomic E-state index is 3.59. The van der Waals surface area contributed by atoms with Gasteiger partial charge in [-0.1, -0.05) is 24.3 Å². The van der Waals surface area contributed by atoms with Crippen molar-refractivity contribution in [3.05, 3.63) is 35.4 Å². The zero-order valence-electron chi connectivity index (χ0n) is 10.3. The van der Waals surface area contributed by atoms with Crippen molar-refractivity contribution in [2.75, 3.05) is 18.1 Å². The normalized spacial score (nSPS) is 24.1. The third-order valence-electron chi connectivity index (χ3n) is 3.81. The van der Waals surface area contributed by atoms with Crippen LogP contribution in [0, 0.1) is 5.92 Å². The second kappa shape index (κ2) is 5.45. The standard InChI is InChI=1S/C15H21NS/c1-3-14(15-5-6-15)4-2-12(1)9-16-10-13-7-8-17-11-13/h1-4,13,15-16H,5-11H2. The molecule has 1 aliphatic heterocycles. The van der Waals surface area contributed by atoms with Crippen LogP contribution < -0.4 is 5.32 Å². The molecular weight excluding hydrogens is 226 g/mol. The summed E-state index contributed by atoms with van der Waals surface area (Å²) in [6, 6.07) is 9.23. The summed E-state index contributed by atoms with van der Waals surface area (Å²) in [4.78, 5) is 0. The zero-order valence-corrected chi connectivity index (χ0v) is 11.1. The van der Waals surface area contributed by atoms with Gasteiger partial charge in [-0.3, -0.25) is 0 Å². The number of hydrogen-bond acceptors (Lipinski definition) is 2. The summed E-state index contributed by atoms with van der Waals surface area (Å²) in [7, 11) is 0. The van der Waals surface area contributed by atoms with Gasteiger partial charge in [0.1, 0.15) is 0 Å². The van der Waals surface area contributed by atoms with E-state index in [0.717, 1.165) is 18.4 Å². The van der Waals surface area contributed by atoms with E-state index in [1.807, 2.05) is 0 Å². The van der Waals surface area contributed by atoms with Gasteiger partial charge in [0.2, 0.25) is 0 Å². The van der Waals surface area contributed by atoms with E-state index in [-0.39, 0.29) is 0 Å². The van der Waals surface area contributed by atoms with E-state index in [9.17, 15) is 0 Å². The predicted octanol–water partition coefficient (Wildman–Crippen LogP) is 3.41. The van der Waals surface area contributed by atoms with Gasteiger partial charge in [-0.25, -0.2) is 0 Å². The molecule has 1 unspecified atom stereocenters. The van der Waals surface area contributed by atoms with Gasteiger partial charge in [-0.2, -0.15) is 11.8 Å². The third-order valence-corrected chi connectivity index (χ3v) is 5.05. The van der Waals surface area contributed by atoms with Gasteiger partial charge < -0.3 is 5.32 Å². The Morgan fingerprint density at radius 3 is 2.59 bits per heavy atom. The fraction of sp³-hybridized carbons (Fsp3) is 0.600. The molecule has 1 saturated carbocycles. The predicted molar refractivity (Wildman–Crippen MR) is 75.6 cm³/mol. The molecule has 1 heterocycles. The molecule has 0 spiro atoms. The molecule has 3 rings (SSSR count). The second-order valence-electron chi connectivity index (χ2n) is 5.38. The Labute approximate surface area is 108 Å². The SMILES string of the molecule is c1cc(C2CC2)ccc1CNCC1CCSC1. The summed E-state index contributed by atoms with van der Waals surface area (Å²) in [6.45, 7) is 2.23. The van der Waals surface area contributed by atoms with E-state index in [4.69, 9.17) is 0 Å². The number of hydrogen-bond donors (Lipinski definition) is 1. The molecule has 2 heteroatoms. The van der Waals surface area contributed by atoms with E-state index in [1.165, 1.54) is 42.9 Å². The molecule has 2 fully saturated rings. The first kappa shape index (κ1) is 11.6. The van der Waals surface area contributed by atoms with Crippen molar-refractivity contribution in [2.24, 2.45) is 5.92 Å². The molecule has 1 aliphatic carbocycles. The fourth-order valence-electron chi connectivity index (χ4n) is 2.49. The number of thioether (sulfide) groups is 1. The molecule has 1 aromatic carbocycles. The molecule has 2 aliphatic rings. The van der Waals surface area contributed by atoms with E-state index in [2.05, 4.69) is 41.3 Å². The molecule has 17 heavy (non-hydrogen) atoms. The molecule has 1 atom stereocenters. The van der Waals surface area contributed by atoms with Crippen molar-refractivity contribution in [1.82, 2.24) is 5.32 Å². The van der Waals surface area contributed by atoms with Gasteiger partial charge in [-0.15, -0.1) is 0 Å². The summed E-state index contributed by atoms with van der Waals surface area (Å²) in [5.74, 6) is 4.51. The summed E-state index contributed by atoms with van der Waals surface area (Å²) >= 11 is 2.10. The third kappa shape index (κ3) is 3.26. The van der Waals surface area contributed by atoms with Crippen LogP contribution in [0.25, 0.3) is 0 Å². The van der Waals surface area contributed by atoms with Gasteiger partial charge >= 0.3 is 0 Å². The molecule has 1 nitrogen and oxygen atoms in total. The van der Waals surface area contributed by atoms with Crippen LogP contribution in [-0.2, 0) is 6.54 Å². The molecule has 0 bridgehead atoms. The molecular formula is C15H21NS. The molecule has 1 saturated heterocycles. The van der Waals surface area contributed by atoms with E-state index in [0.29, 0.717) is 0 Å². The Morgan fingerprint density at radius 2 is 1.94 bits per heavy atom. The average Bonchev–Trinajstić information content (AvgIpc) is 3.08. The highest BCUT2D eigenvalue weighted by Crippen LogP contribution is 2.39. The Bertz CT molecular complexity index is 350. The quantitative estimate of drug-likeness (QED) is 0.856. The Balaban J connectivity index is 1.44. The zero-order chi connectivity index (χ0) is 11.5. The second-order valence-corrected chi connectivity index (χ2v) is 6.53. The van der Waals surface area contributed by atoms with Crippen LogP contribution in [0.2, 0.25) is 0 Å². The maximum atomic E-state index is 3.59. The molecule has 92 valence electrons. The number of rotatable bonds is 5. The highest BCUT2D eigenvalue weighted by atomic mass is 32.2. The number of benzene rings is 1. The molecule has 0 aromatic heterocycles. The summed E-state index contributed by atoms with van der Waals surface area (Å²) in [6.07, 6.45) is 4.20. The van der Waals surface area contributed by atoms with Gasteiger partial charge in [0.25, 0.3) is 0 Å². The van der Waals surface area contributed by atoms with Crippen LogP contribution in [0.3, 0.4) is 0 Å². The van der Waals surface area contributed by atoms with Crippen molar-refractivity contribution in [3.8, 4) is 0 Å². The molecule has 1 N–H and O–H groups in total. The lowest BCUT2D eigenvalue weighted by Crippen LogP contribution is -2.22. The minimum atomic E-state index is 0.882. The number of nitrogens with one attached hydrogen (secondary N) is 1. The fourth-order valence-corrected chi connectivity index (χ4v) is 3.77. The summed E-state index contributed by atoms with van der Waals surface area (Å²) in [5, 5.41) is 3.59. The van der Waals surface area contributed by atoms with E-state index >= 15 is 0 Å². The first-order chi connectivity index (χ1) is 8.42. The Kier molecular flexibility index (Phi) is 3.72. The van der Waals surface area contributed by atoms with Gasteiger partial charge in [-0.05, 0) is 60.3 Å². The van der Waals surface area contributed by atoms with E-state index in [1.54, 1.807) is 5.56 Å². The smallest absolute Gasteiger partial charge is 0.0205 e. The first-order valence-corrected chi connectivity index (χ1v) is 7.94. The average molecular weight is 247 g/mol. The van der Waals surface area contributed by atoms with Gasteiger partial charge in [0, 0.05) is 6.54 Å². The lowest BCUT2D eigenvalue weighted by molar-refractivity contribution is 0.523. The van der Waals surface area contributed by atoms with Crippen LogP contribution in [0.5, 0.6) is 0 Å². The van der Waals surface area contributed by atoms with Crippen LogP contribution in [0.4, 0.5) is 0 Å². The highest BCUT2D eigenvalue weighted by Gasteiger charge is 2.22. The molecule has 1 aromatic rings. The monoisotopic (exact) mass is 247 g/mol. The minimum Gasteiger partial charge on any atom is -0.312 e. The Hall–Kier alpha value is -0.470. The van der Waals surface area contributed by atoms with Crippen molar-refractivity contribution in [2.45, 2.75) is 31.7 Å². The summed E-state index contributed by atoms with van der Waals surface area (Å²) < 4.78 is 0. The lowest BCUT2D eigenvalue weighted by Gasteiger charge is -2.10. The van der Waals surface area contributed by atoms with Gasteiger partial charge in [0.05, 0.1) is 0 Å². The van der Waals surface area contributed by atoms with Crippen LogP contribution in [-0.4, -0.2) is 18.1 Å². The molecule has 0 radical (unpaired) electrons. The van der Waals surface area contributed by atoms with Crippen molar-refractivity contribution in [3.63, 3.8) is 0 Å². The summed E-state index contributed by atoms with van der Waals surface area (Å²) in [5.41, 5.74) is 2.97. The highest BCUT2D eigenvalue weighted by molar-refractivity contribution is 7.99. The molecule has 0 amide bonds. The first-order valence-electron chi connectivity index (χ1n) is 6.79. The van der Waals surface area contributed by atoms with Crippen molar-refractivity contribution >= 4 is 11.8 Å². The van der Waals surface area contributed by atoms with Crippen molar-refractivity contribution < 1.29 is 0 Å². The maximum Gasteiger partial charge on any atom is 0.0205 e. The largest absolute Gasteiger partial charge is 0.312 e.